The zero-order chi connectivity index (χ0) is 14.1. The molecule has 0 saturated carbocycles. The lowest BCUT2D eigenvalue weighted by atomic mass is 9.98. The number of ether oxygens (including phenoxy) is 1. The van der Waals surface area contributed by atoms with Gasteiger partial charge in [0.25, 0.3) is 0 Å². The van der Waals surface area contributed by atoms with Crippen molar-refractivity contribution in [3.8, 4) is 16.9 Å². The fourth-order valence-corrected chi connectivity index (χ4v) is 2.65. The highest BCUT2D eigenvalue weighted by molar-refractivity contribution is 6.31. The molecule has 1 N–H and O–H groups in total. The van der Waals surface area contributed by atoms with Crippen LogP contribution in [0.25, 0.3) is 11.1 Å². The molecule has 0 aliphatic carbocycles. The smallest absolute Gasteiger partial charge is 0.335 e. The summed E-state index contributed by atoms with van der Waals surface area (Å²) in [5.41, 5.74) is 3.12. The summed E-state index contributed by atoms with van der Waals surface area (Å²) >= 11 is 6.00. The van der Waals surface area contributed by atoms with Gasteiger partial charge < -0.3 is 9.84 Å². The summed E-state index contributed by atoms with van der Waals surface area (Å²) in [6.07, 6.45) is 1.99. The molecule has 0 radical (unpaired) electrons. The van der Waals surface area contributed by atoms with Crippen LogP contribution in [-0.4, -0.2) is 17.7 Å². The van der Waals surface area contributed by atoms with Gasteiger partial charge in [0.2, 0.25) is 0 Å². The monoisotopic (exact) mass is 288 g/mol. The third-order valence-corrected chi connectivity index (χ3v) is 3.60. The van der Waals surface area contributed by atoms with Crippen molar-refractivity contribution in [2.75, 3.05) is 6.61 Å². The second-order valence-corrected chi connectivity index (χ2v) is 5.24. The lowest BCUT2D eigenvalue weighted by Crippen LogP contribution is -2.08. The first kappa shape index (κ1) is 13.0. The minimum Gasteiger partial charge on any atom is -0.493 e. The lowest BCUT2D eigenvalue weighted by Gasteiger charge is -2.18. The van der Waals surface area contributed by atoms with Crippen LogP contribution in [0.5, 0.6) is 5.75 Å². The molecule has 4 heteroatoms. The molecular weight excluding hydrogens is 276 g/mol. The Balaban J connectivity index is 2.06. The number of halogens is 1. The summed E-state index contributed by atoms with van der Waals surface area (Å²) in [6, 6.07) is 10.8. The Kier molecular flexibility index (Phi) is 3.36. The molecule has 2 aromatic rings. The Hall–Kier alpha value is -2.00. The molecule has 0 unspecified atom stereocenters. The number of rotatable bonds is 2. The number of hydrogen-bond acceptors (Lipinski definition) is 2. The largest absolute Gasteiger partial charge is 0.493 e. The molecule has 0 spiro atoms. The first-order valence-corrected chi connectivity index (χ1v) is 6.81. The number of carboxylic acids is 1. The van der Waals surface area contributed by atoms with Crippen LogP contribution >= 0.6 is 11.6 Å². The van der Waals surface area contributed by atoms with E-state index in [1.807, 2.05) is 18.2 Å². The van der Waals surface area contributed by atoms with Crippen molar-refractivity contribution < 1.29 is 14.6 Å². The minimum atomic E-state index is -0.977. The number of fused-ring (bicyclic) bond motifs is 1. The van der Waals surface area contributed by atoms with Gasteiger partial charge in [-0.25, -0.2) is 4.79 Å². The summed E-state index contributed by atoms with van der Waals surface area (Å²) in [5.74, 6) is -0.0597. The van der Waals surface area contributed by atoms with E-state index in [2.05, 4.69) is 0 Å². The van der Waals surface area contributed by atoms with E-state index in [0.717, 1.165) is 41.9 Å². The summed E-state index contributed by atoms with van der Waals surface area (Å²) < 4.78 is 5.58. The van der Waals surface area contributed by atoms with Gasteiger partial charge in [0.15, 0.2) is 0 Å². The average molecular weight is 289 g/mol. The van der Waals surface area contributed by atoms with Crippen LogP contribution < -0.4 is 4.74 Å². The number of carbonyl (C=O) groups is 1. The van der Waals surface area contributed by atoms with Crippen molar-refractivity contribution in [2.45, 2.75) is 12.8 Å². The number of benzene rings is 2. The average Bonchev–Trinajstić information content (AvgIpc) is 2.46. The number of aromatic carboxylic acids is 1. The van der Waals surface area contributed by atoms with E-state index >= 15 is 0 Å². The van der Waals surface area contributed by atoms with Crippen LogP contribution in [0.15, 0.2) is 36.4 Å². The first-order valence-electron chi connectivity index (χ1n) is 6.43. The molecule has 0 bridgehead atoms. The van der Waals surface area contributed by atoms with Gasteiger partial charge >= 0.3 is 5.97 Å². The van der Waals surface area contributed by atoms with E-state index in [4.69, 9.17) is 21.4 Å². The second kappa shape index (κ2) is 5.17. The first-order chi connectivity index (χ1) is 9.63. The standard InChI is InChI=1S/C16H13ClO3/c17-14-8-12(7-13(9-14)16(18)19)10-3-4-15-11(6-10)2-1-5-20-15/h3-4,6-9H,1-2,5H2,(H,18,19). The maximum Gasteiger partial charge on any atom is 0.335 e. The van der Waals surface area contributed by atoms with Crippen molar-refractivity contribution in [3.05, 3.63) is 52.5 Å². The minimum absolute atomic E-state index is 0.196. The number of hydrogen-bond donors (Lipinski definition) is 1. The van der Waals surface area contributed by atoms with E-state index in [9.17, 15) is 4.79 Å². The van der Waals surface area contributed by atoms with Crippen molar-refractivity contribution >= 4 is 17.6 Å². The van der Waals surface area contributed by atoms with Crippen LogP contribution in [0.3, 0.4) is 0 Å². The molecule has 3 nitrogen and oxygen atoms in total. The molecular formula is C16H13ClO3. The van der Waals surface area contributed by atoms with Crippen molar-refractivity contribution in [1.82, 2.24) is 0 Å². The molecule has 3 rings (SSSR count). The maximum atomic E-state index is 11.1. The Bertz CT molecular complexity index is 679. The summed E-state index contributed by atoms with van der Waals surface area (Å²) in [6.45, 7) is 0.757. The number of aryl methyl sites for hydroxylation is 1. The highest BCUT2D eigenvalue weighted by Crippen LogP contribution is 2.31. The molecule has 1 aliphatic rings. The zero-order valence-electron chi connectivity index (χ0n) is 10.7. The summed E-state index contributed by atoms with van der Waals surface area (Å²) in [7, 11) is 0. The Morgan fingerprint density at radius 3 is 2.80 bits per heavy atom. The van der Waals surface area contributed by atoms with Gasteiger partial charge in [0, 0.05) is 5.02 Å². The fourth-order valence-electron chi connectivity index (χ4n) is 2.42. The van der Waals surface area contributed by atoms with E-state index in [-0.39, 0.29) is 5.56 Å². The molecule has 0 fully saturated rings. The summed E-state index contributed by atoms with van der Waals surface area (Å²) in [4.78, 5) is 11.1. The van der Waals surface area contributed by atoms with Crippen LogP contribution in [-0.2, 0) is 6.42 Å². The molecule has 0 atom stereocenters. The van der Waals surface area contributed by atoms with Crippen LogP contribution in [0.2, 0.25) is 5.02 Å². The summed E-state index contributed by atoms with van der Waals surface area (Å²) in [5, 5.41) is 9.52. The third kappa shape index (κ3) is 2.49. The predicted molar refractivity (Wildman–Crippen MR) is 77.7 cm³/mol. The molecule has 0 saturated heterocycles. The van der Waals surface area contributed by atoms with Crippen molar-refractivity contribution in [1.29, 1.82) is 0 Å². The van der Waals surface area contributed by atoms with Gasteiger partial charge in [0.05, 0.1) is 12.2 Å². The third-order valence-electron chi connectivity index (χ3n) is 3.39. The van der Waals surface area contributed by atoms with Crippen molar-refractivity contribution in [3.63, 3.8) is 0 Å². The van der Waals surface area contributed by atoms with Crippen molar-refractivity contribution in [2.24, 2.45) is 0 Å². The Morgan fingerprint density at radius 1 is 1.15 bits per heavy atom. The molecule has 0 aromatic heterocycles. The predicted octanol–water partition coefficient (Wildman–Crippen LogP) is 4.03. The molecule has 1 heterocycles. The van der Waals surface area contributed by atoms with E-state index in [1.165, 1.54) is 6.07 Å². The number of carboxylic acid groups (broad SMARTS) is 1. The van der Waals surface area contributed by atoms with Crippen LogP contribution in [0.1, 0.15) is 22.3 Å². The Labute approximate surface area is 121 Å². The van der Waals surface area contributed by atoms with Crippen LogP contribution in [0.4, 0.5) is 0 Å². The van der Waals surface area contributed by atoms with Gasteiger partial charge in [-0.1, -0.05) is 17.7 Å². The zero-order valence-corrected chi connectivity index (χ0v) is 11.5. The van der Waals surface area contributed by atoms with E-state index in [1.54, 1.807) is 12.1 Å². The highest BCUT2D eigenvalue weighted by Gasteiger charge is 2.13. The normalized spacial score (nSPS) is 13.4. The molecule has 2 aromatic carbocycles. The molecule has 102 valence electrons. The van der Waals surface area contributed by atoms with Gasteiger partial charge in [-0.2, -0.15) is 0 Å². The fraction of sp³-hybridized carbons (Fsp3) is 0.188. The maximum absolute atomic E-state index is 11.1. The quantitative estimate of drug-likeness (QED) is 0.907. The van der Waals surface area contributed by atoms with E-state index < -0.39 is 5.97 Å². The SMILES string of the molecule is O=C(O)c1cc(Cl)cc(-c2ccc3c(c2)CCCO3)c1. The second-order valence-electron chi connectivity index (χ2n) is 4.81. The van der Waals surface area contributed by atoms with Gasteiger partial charge in [-0.3, -0.25) is 0 Å². The van der Waals surface area contributed by atoms with Gasteiger partial charge in [0.1, 0.15) is 5.75 Å². The highest BCUT2D eigenvalue weighted by atomic mass is 35.5. The van der Waals surface area contributed by atoms with Crippen LogP contribution in [0, 0.1) is 0 Å². The van der Waals surface area contributed by atoms with Gasteiger partial charge in [-0.05, 0) is 59.9 Å². The lowest BCUT2D eigenvalue weighted by molar-refractivity contribution is 0.0697. The molecule has 20 heavy (non-hydrogen) atoms. The van der Waals surface area contributed by atoms with E-state index in [0.29, 0.717) is 5.02 Å². The van der Waals surface area contributed by atoms with Gasteiger partial charge in [-0.15, -0.1) is 0 Å². The molecule has 1 aliphatic heterocycles. The molecule has 0 amide bonds. The topological polar surface area (TPSA) is 46.5 Å². The Morgan fingerprint density at radius 2 is 2.00 bits per heavy atom.